The smallest absolute Gasteiger partial charge is 0.309 e. The van der Waals surface area contributed by atoms with Crippen LogP contribution in [0, 0.1) is 5.41 Å². The number of benzene rings is 1. The van der Waals surface area contributed by atoms with Crippen LogP contribution < -0.4 is 0 Å². The number of carbonyl (C=O) groups is 1. The van der Waals surface area contributed by atoms with Gasteiger partial charge in [0.05, 0.1) is 10.4 Å². The van der Waals surface area contributed by atoms with Crippen molar-refractivity contribution in [1.82, 2.24) is 0 Å². The minimum Gasteiger partial charge on any atom is -0.481 e. The van der Waals surface area contributed by atoms with Crippen LogP contribution in [0.25, 0.3) is 0 Å². The van der Waals surface area contributed by atoms with Gasteiger partial charge in [0.1, 0.15) is 0 Å². The zero-order valence-corrected chi connectivity index (χ0v) is 11.3. The van der Waals surface area contributed by atoms with Gasteiger partial charge in [-0.15, -0.1) is 11.8 Å². The molecule has 0 aliphatic carbocycles. The van der Waals surface area contributed by atoms with E-state index in [1.165, 1.54) is 11.8 Å². The molecule has 0 fully saturated rings. The highest BCUT2D eigenvalue weighted by Crippen LogP contribution is 2.33. The van der Waals surface area contributed by atoms with Gasteiger partial charge in [-0.3, -0.25) is 4.79 Å². The number of hydrogen-bond acceptors (Lipinski definition) is 2. The van der Waals surface area contributed by atoms with Gasteiger partial charge in [-0.2, -0.15) is 0 Å². The van der Waals surface area contributed by atoms with Crippen molar-refractivity contribution < 1.29 is 9.90 Å². The van der Waals surface area contributed by atoms with Crippen LogP contribution in [0.3, 0.4) is 0 Å². The molecule has 0 saturated carbocycles. The highest BCUT2D eigenvalue weighted by Gasteiger charge is 2.27. The summed E-state index contributed by atoms with van der Waals surface area (Å²) in [5, 5.41) is 10.1. The van der Waals surface area contributed by atoms with E-state index >= 15 is 0 Å². The standard InChI is InChI=1S/C11H12Cl2O2S/c1-11(2,10(14)15)6-16-9-4-3-7(12)5-8(9)13/h3-5H,6H2,1-2H3,(H,14,15). The molecule has 1 rings (SSSR count). The van der Waals surface area contributed by atoms with Crippen molar-refractivity contribution in [1.29, 1.82) is 0 Å². The fourth-order valence-corrected chi connectivity index (χ4v) is 2.49. The van der Waals surface area contributed by atoms with Gasteiger partial charge < -0.3 is 5.11 Å². The molecule has 0 bridgehead atoms. The monoisotopic (exact) mass is 278 g/mol. The van der Waals surface area contributed by atoms with Gasteiger partial charge >= 0.3 is 5.97 Å². The topological polar surface area (TPSA) is 37.3 Å². The second-order valence-electron chi connectivity index (χ2n) is 4.05. The fraction of sp³-hybridized carbons (Fsp3) is 0.364. The van der Waals surface area contributed by atoms with Crippen molar-refractivity contribution in [3.63, 3.8) is 0 Å². The normalized spacial score (nSPS) is 11.5. The molecule has 0 saturated heterocycles. The molecular formula is C11H12Cl2O2S. The molecule has 0 atom stereocenters. The summed E-state index contributed by atoms with van der Waals surface area (Å²) in [4.78, 5) is 11.8. The van der Waals surface area contributed by atoms with Crippen molar-refractivity contribution in [2.45, 2.75) is 18.7 Å². The van der Waals surface area contributed by atoms with Gasteiger partial charge in [0, 0.05) is 15.7 Å². The van der Waals surface area contributed by atoms with Crippen molar-refractivity contribution >= 4 is 40.9 Å². The van der Waals surface area contributed by atoms with E-state index in [1.807, 2.05) is 0 Å². The van der Waals surface area contributed by atoms with E-state index in [1.54, 1.807) is 32.0 Å². The summed E-state index contributed by atoms with van der Waals surface area (Å²) in [5.74, 6) is -0.353. The van der Waals surface area contributed by atoms with E-state index in [0.29, 0.717) is 15.8 Å². The summed E-state index contributed by atoms with van der Waals surface area (Å²) in [7, 11) is 0. The lowest BCUT2D eigenvalue weighted by Crippen LogP contribution is -2.26. The number of aliphatic carboxylic acids is 1. The lowest BCUT2D eigenvalue weighted by atomic mass is 9.97. The van der Waals surface area contributed by atoms with Gasteiger partial charge in [0.2, 0.25) is 0 Å². The van der Waals surface area contributed by atoms with E-state index in [4.69, 9.17) is 28.3 Å². The van der Waals surface area contributed by atoms with Gasteiger partial charge in [-0.05, 0) is 32.0 Å². The van der Waals surface area contributed by atoms with Gasteiger partial charge in [-0.25, -0.2) is 0 Å². The number of carboxylic acid groups (broad SMARTS) is 1. The molecule has 0 aliphatic heterocycles. The molecule has 1 aromatic rings. The Bertz CT molecular complexity index is 405. The number of rotatable bonds is 4. The van der Waals surface area contributed by atoms with Crippen molar-refractivity contribution in [2.75, 3.05) is 5.75 Å². The summed E-state index contributed by atoms with van der Waals surface area (Å²) in [6.07, 6.45) is 0. The quantitative estimate of drug-likeness (QED) is 0.839. The first-order chi connectivity index (χ1) is 7.33. The molecule has 0 aromatic heterocycles. The Kier molecular flexibility index (Phi) is 4.53. The summed E-state index contributed by atoms with van der Waals surface area (Å²) in [6, 6.07) is 5.19. The Balaban J connectivity index is 2.72. The predicted octanol–water partition coefficient (Wildman–Crippen LogP) is 4.20. The van der Waals surface area contributed by atoms with E-state index in [2.05, 4.69) is 0 Å². The molecule has 0 aliphatic rings. The maximum absolute atomic E-state index is 10.9. The number of thioether (sulfide) groups is 1. The molecular weight excluding hydrogens is 267 g/mol. The average molecular weight is 279 g/mol. The first-order valence-corrected chi connectivity index (χ1v) is 6.38. The molecule has 0 amide bonds. The molecule has 0 spiro atoms. The Morgan fingerprint density at radius 1 is 1.44 bits per heavy atom. The second-order valence-corrected chi connectivity index (χ2v) is 5.91. The van der Waals surface area contributed by atoms with Crippen LogP contribution in [-0.2, 0) is 4.79 Å². The van der Waals surface area contributed by atoms with Crippen LogP contribution in [0.15, 0.2) is 23.1 Å². The van der Waals surface area contributed by atoms with Gasteiger partial charge in [0.15, 0.2) is 0 Å². The van der Waals surface area contributed by atoms with Crippen LogP contribution >= 0.6 is 35.0 Å². The van der Waals surface area contributed by atoms with Crippen LogP contribution in [0.5, 0.6) is 0 Å². The number of carboxylic acids is 1. The molecule has 1 aromatic carbocycles. The summed E-state index contributed by atoms with van der Waals surface area (Å²) in [6.45, 7) is 3.37. The molecule has 5 heteroatoms. The fourth-order valence-electron chi connectivity index (χ4n) is 0.912. The van der Waals surface area contributed by atoms with Crippen LogP contribution in [-0.4, -0.2) is 16.8 Å². The maximum Gasteiger partial charge on any atom is 0.309 e. The van der Waals surface area contributed by atoms with Crippen molar-refractivity contribution in [3.8, 4) is 0 Å². The number of halogens is 2. The van der Waals surface area contributed by atoms with Crippen molar-refractivity contribution in [2.24, 2.45) is 5.41 Å². The summed E-state index contributed by atoms with van der Waals surface area (Å²) in [5.41, 5.74) is -0.770. The first-order valence-electron chi connectivity index (χ1n) is 4.64. The minimum atomic E-state index is -0.815. The highest BCUT2D eigenvalue weighted by molar-refractivity contribution is 7.99. The van der Waals surface area contributed by atoms with Crippen LogP contribution in [0.4, 0.5) is 0 Å². The Morgan fingerprint density at radius 3 is 2.56 bits per heavy atom. The third-order valence-corrected chi connectivity index (χ3v) is 4.25. The van der Waals surface area contributed by atoms with E-state index in [-0.39, 0.29) is 0 Å². The molecule has 0 radical (unpaired) electrons. The summed E-state index contributed by atoms with van der Waals surface area (Å²) >= 11 is 13.2. The molecule has 88 valence electrons. The molecule has 0 heterocycles. The van der Waals surface area contributed by atoms with Crippen LogP contribution in [0.1, 0.15) is 13.8 Å². The molecule has 0 unspecified atom stereocenters. The molecule has 16 heavy (non-hydrogen) atoms. The zero-order valence-electron chi connectivity index (χ0n) is 8.96. The van der Waals surface area contributed by atoms with E-state index < -0.39 is 11.4 Å². The molecule has 1 N–H and O–H groups in total. The maximum atomic E-state index is 10.9. The lowest BCUT2D eigenvalue weighted by Gasteiger charge is -2.18. The average Bonchev–Trinajstić information content (AvgIpc) is 2.16. The molecule has 2 nitrogen and oxygen atoms in total. The van der Waals surface area contributed by atoms with Gasteiger partial charge in [-0.1, -0.05) is 23.2 Å². The van der Waals surface area contributed by atoms with E-state index in [0.717, 1.165) is 4.90 Å². The number of hydrogen-bond donors (Lipinski definition) is 1. The summed E-state index contributed by atoms with van der Waals surface area (Å²) < 4.78 is 0. The second kappa shape index (κ2) is 5.30. The predicted molar refractivity (Wildman–Crippen MR) is 68.6 cm³/mol. The Hall–Kier alpha value is -0.380. The SMILES string of the molecule is CC(C)(CSc1ccc(Cl)cc1Cl)C(=O)O. The minimum absolute atomic E-state index is 0.462. The Labute approximate surface area is 109 Å². The lowest BCUT2D eigenvalue weighted by molar-refractivity contribution is -0.145. The Morgan fingerprint density at radius 2 is 2.06 bits per heavy atom. The third kappa shape index (κ3) is 3.58. The van der Waals surface area contributed by atoms with Crippen LogP contribution in [0.2, 0.25) is 10.0 Å². The van der Waals surface area contributed by atoms with E-state index in [9.17, 15) is 4.79 Å². The first kappa shape index (κ1) is 13.7. The highest BCUT2D eigenvalue weighted by atomic mass is 35.5. The zero-order chi connectivity index (χ0) is 12.3. The van der Waals surface area contributed by atoms with Gasteiger partial charge in [0.25, 0.3) is 0 Å². The van der Waals surface area contributed by atoms with Crippen molar-refractivity contribution in [3.05, 3.63) is 28.2 Å². The third-order valence-electron chi connectivity index (χ3n) is 2.06. The largest absolute Gasteiger partial charge is 0.481 e.